The van der Waals surface area contributed by atoms with Crippen LogP contribution in [0.2, 0.25) is 0 Å². The van der Waals surface area contributed by atoms with E-state index in [1.165, 1.54) is 5.56 Å². The summed E-state index contributed by atoms with van der Waals surface area (Å²) < 4.78 is 7.31. The van der Waals surface area contributed by atoms with E-state index in [2.05, 4.69) is 33.5 Å². The number of aromatic nitrogens is 2. The molecule has 0 bridgehead atoms. The molecule has 0 aliphatic carbocycles. The van der Waals surface area contributed by atoms with Crippen LogP contribution in [0.5, 0.6) is 0 Å². The molecule has 0 amide bonds. The number of rotatable bonds is 9. The van der Waals surface area contributed by atoms with Crippen molar-refractivity contribution in [3.8, 4) is 0 Å². The summed E-state index contributed by atoms with van der Waals surface area (Å²) in [5, 5.41) is 3.10. The monoisotopic (exact) mass is 315 g/mol. The predicted octanol–water partition coefficient (Wildman–Crippen LogP) is 1.76. The number of hydrogen-bond acceptors (Lipinski definition) is 3. The quantitative estimate of drug-likeness (QED) is 0.420. The SMILES string of the molecule is CCOCCCNC(N)=NCc1cccc(Cn2ccnc2)c1. The molecule has 1 aromatic carbocycles. The van der Waals surface area contributed by atoms with Crippen LogP contribution in [0.15, 0.2) is 48.0 Å². The average molecular weight is 315 g/mol. The van der Waals surface area contributed by atoms with E-state index in [1.54, 1.807) is 6.20 Å². The van der Waals surface area contributed by atoms with E-state index < -0.39 is 0 Å². The highest BCUT2D eigenvalue weighted by Crippen LogP contribution is 2.08. The molecule has 0 aliphatic rings. The Morgan fingerprint density at radius 2 is 2.26 bits per heavy atom. The van der Waals surface area contributed by atoms with Crippen LogP contribution < -0.4 is 11.1 Å². The molecule has 0 radical (unpaired) electrons. The second-order valence-electron chi connectivity index (χ2n) is 5.23. The molecule has 0 saturated carbocycles. The Balaban J connectivity index is 1.79. The molecule has 1 heterocycles. The molecule has 0 atom stereocenters. The van der Waals surface area contributed by atoms with Crippen molar-refractivity contribution in [2.24, 2.45) is 10.7 Å². The van der Waals surface area contributed by atoms with E-state index in [4.69, 9.17) is 10.5 Å². The first-order valence-electron chi connectivity index (χ1n) is 7.93. The normalized spacial score (nSPS) is 11.6. The molecule has 124 valence electrons. The Hall–Kier alpha value is -2.34. The highest BCUT2D eigenvalue weighted by atomic mass is 16.5. The summed E-state index contributed by atoms with van der Waals surface area (Å²) in [4.78, 5) is 8.43. The third-order valence-electron chi connectivity index (χ3n) is 3.32. The van der Waals surface area contributed by atoms with Crippen LogP contribution >= 0.6 is 0 Å². The maximum Gasteiger partial charge on any atom is 0.188 e. The van der Waals surface area contributed by atoms with Gasteiger partial charge in [-0.1, -0.05) is 24.3 Å². The number of benzene rings is 1. The van der Waals surface area contributed by atoms with E-state index >= 15 is 0 Å². The lowest BCUT2D eigenvalue weighted by Crippen LogP contribution is -2.32. The van der Waals surface area contributed by atoms with Crippen LogP contribution in [0.3, 0.4) is 0 Å². The van der Waals surface area contributed by atoms with Gasteiger partial charge in [-0.3, -0.25) is 0 Å². The Labute approximate surface area is 137 Å². The van der Waals surface area contributed by atoms with Gasteiger partial charge in [-0.2, -0.15) is 0 Å². The fraction of sp³-hybridized carbons (Fsp3) is 0.412. The smallest absolute Gasteiger partial charge is 0.188 e. The van der Waals surface area contributed by atoms with Crippen molar-refractivity contribution in [3.05, 3.63) is 54.1 Å². The largest absolute Gasteiger partial charge is 0.382 e. The van der Waals surface area contributed by atoms with Gasteiger partial charge in [-0.15, -0.1) is 0 Å². The predicted molar refractivity (Wildman–Crippen MR) is 92.2 cm³/mol. The number of ether oxygens (including phenoxy) is 1. The first-order valence-corrected chi connectivity index (χ1v) is 7.93. The molecule has 1 aromatic heterocycles. The number of aliphatic imine (C=N–C) groups is 1. The van der Waals surface area contributed by atoms with Crippen molar-refractivity contribution in [3.63, 3.8) is 0 Å². The van der Waals surface area contributed by atoms with Crippen LogP contribution in [0.4, 0.5) is 0 Å². The molecule has 2 aromatic rings. The van der Waals surface area contributed by atoms with Crippen molar-refractivity contribution >= 4 is 5.96 Å². The molecule has 0 saturated heterocycles. The minimum atomic E-state index is 0.474. The van der Waals surface area contributed by atoms with Gasteiger partial charge in [0.2, 0.25) is 0 Å². The van der Waals surface area contributed by atoms with Gasteiger partial charge in [-0.25, -0.2) is 9.98 Å². The lowest BCUT2D eigenvalue weighted by atomic mass is 10.1. The van der Waals surface area contributed by atoms with Crippen LogP contribution in [-0.4, -0.2) is 35.3 Å². The van der Waals surface area contributed by atoms with E-state index in [0.717, 1.165) is 38.3 Å². The number of nitrogens with one attached hydrogen (secondary N) is 1. The molecule has 3 N–H and O–H groups in total. The molecule has 6 heteroatoms. The van der Waals surface area contributed by atoms with Gasteiger partial charge >= 0.3 is 0 Å². The van der Waals surface area contributed by atoms with Crippen LogP contribution in [0.1, 0.15) is 24.5 Å². The number of nitrogens with two attached hydrogens (primary N) is 1. The van der Waals surface area contributed by atoms with E-state index in [9.17, 15) is 0 Å². The zero-order valence-electron chi connectivity index (χ0n) is 13.6. The van der Waals surface area contributed by atoms with Crippen molar-refractivity contribution < 1.29 is 4.74 Å². The third-order valence-corrected chi connectivity index (χ3v) is 3.32. The molecule has 0 aliphatic heterocycles. The number of guanidine groups is 1. The Kier molecular flexibility index (Phi) is 7.13. The topological polar surface area (TPSA) is 77.5 Å². The highest BCUT2D eigenvalue weighted by Gasteiger charge is 1.98. The van der Waals surface area contributed by atoms with Crippen LogP contribution in [0, 0.1) is 0 Å². The maximum absolute atomic E-state index is 5.87. The molecule has 2 rings (SSSR count). The lowest BCUT2D eigenvalue weighted by molar-refractivity contribution is 0.145. The molecular weight excluding hydrogens is 290 g/mol. The average Bonchev–Trinajstić information content (AvgIpc) is 3.06. The zero-order chi connectivity index (χ0) is 16.3. The standard InChI is InChI=1S/C17H25N5O/c1-2-23-10-4-7-20-17(18)21-12-15-5-3-6-16(11-15)13-22-9-8-19-14-22/h3,5-6,8-9,11,14H,2,4,7,10,12-13H2,1H3,(H3,18,20,21). The Morgan fingerprint density at radius 1 is 1.39 bits per heavy atom. The van der Waals surface area contributed by atoms with Gasteiger partial charge in [-0.05, 0) is 24.5 Å². The molecule has 6 nitrogen and oxygen atoms in total. The van der Waals surface area contributed by atoms with E-state index in [1.807, 2.05) is 30.1 Å². The van der Waals surface area contributed by atoms with E-state index in [0.29, 0.717) is 12.5 Å². The van der Waals surface area contributed by atoms with Crippen LogP contribution in [0.25, 0.3) is 0 Å². The van der Waals surface area contributed by atoms with Gasteiger partial charge in [0.15, 0.2) is 5.96 Å². The summed E-state index contributed by atoms with van der Waals surface area (Å²) in [7, 11) is 0. The summed E-state index contributed by atoms with van der Waals surface area (Å²) in [6.07, 6.45) is 6.47. The maximum atomic E-state index is 5.87. The zero-order valence-corrected chi connectivity index (χ0v) is 13.6. The van der Waals surface area contributed by atoms with Crippen molar-refractivity contribution in [2.45, 2.75) is 26.4 Å². The second-order valence-corrected chi connectivity index (χ2v) is 5.23. The van der Waals surface area contributed by atoms with Gasteiger partial charge in [0, 0.05) is 38.7 Å². The van der Waals surface area contributed by atoms with Crippen molar-refractivity contribution in [1.82, 2.24) is 14.9 Å². The first kappa shape index (κ1) is 17.0. The first-order chi connectivity index (χ1) is 11.3. The molecule has 0 unspecified atom stereocenters. The Bertz CT molecular complexity index is 595. The molecular formula is C17H25N5O. The summed E-state index contributed by atoms with van der Waals surface area (Å²) in [5.41, 5.74) is 8.23. The number of nitrogens with zero attached hydrogens (tertiary/aromatic N) is 3. The van der Waals surface area contributed by atoms with Crippen molar-refractivity contribution in [2.75, 3.05) is 19.8 Å². The summed E-state index contributed by atoms with van der Waals surface area (Å²) in [5.74, 6) is 0.474. The van der Waals surface area contributed by atoms with Gasteiger partial charge in [0.25, 0.3) is 0 Å². The van der Waals surface area contributed by atoms with Crippen molar-refractivity contribution in [1.29, 1.82) is 0 Å². The number of imidazole rings is 1. The molecule has 0 spiro atoms. The number of hydrogen-bond donors (Lipinski definition) is 2. The second kappa shape index (κ2) is 9.63. The lowest BCUT2D eigenvalue weighted by Gasteiger charge is -2.07. The highest BCUT2D eigenvalue weighted by molar-refractivity contribution is 5.77. The summed E-state index contributed by atoms with van der Waals surface area (Å²) in [6.45, 7) is 5.64. The van der Waals surface area contributed by atoms with Gasteiger partial charge < -0.3 is 20.4 Å². The van der Waals surface area contributed by atoms with Gasteiger partial charge in [0.05, 0.1) is 12.9 Å². The van der Waals surface area contributed by atoms with Gasteiger partial charge in [0.1, 0.15) is 0 Å². The minimum Gasteiger partial charge on any atom is -0.382 e. The Morgan fingerprint density at radius 3 is 3.04 bits per heavy atom. The molecule has 23 heavy (non-hydrogen) atoms. The fourth-order valence-electron chi connectivity index (χ4n) is 2.18. The molecule has 0 fully saturated rings. The third kappa shape index (κ3) is 6.52. The minimum absolute atomic E-state index is 0.474. The summed E-state index contributed by atoms with van der Waals surface area (Å²) in [6, 6.07) is 8.35. The van der Waals surface area contributed by atoms with E-state index in [-0.39, 0.29) is 0 Å². The van der Waals surface area contributed by atoms with Crippen LogP contribution in [-0.2, 0) is 17.8 Å². The fourth-order valence-corrected chi connectivity index (χ4v) is 2.18. The summed E-state index contributed by atoms with van der Waals surface area (Å²) >= 11 is 0.